The van der Waals surface area contributed by atoms with Gasteiger partial charge in [0.1, 0.15) is 5.75 Å². The molecule has 2 unspecified atom stereocenters. The molecule has 1 aromatic carbocycles. The van der Waals surface area contributed by atoms with Crippen LogP contribution in [0.5, 0.6) is 5.75 Å². The van der Waals surface area contributed by atoms with Crippen molar-refractivity contribution in [2.24, 2.45) is 17.8 Å². The molecular weight excluding hydrogens is 364 g/mol. The summed E-state index contributed by atoms with van der Waals surface area (Å²) in [5, 5.41) is 0.512. The zero-order chi connectivity index (χ0) is 19.6. The number of nitrogens with zero attached hydrogens (tertiary/aromatic N) is 2. The number of piperidine rings is 2. The van der Waals surface area contributed by atoms with E-state index in [9.17, 15) is 9.59 Å². The standard InChI is InChI=1S/C21H29ClN2O3/c1-14-10-15(2)13-24(12-14)20(25)16-6-8-23(9-7-16)21(26)18-11-17(22)4-5-19(18)27-3/h4-5,11,14-16H,6-10,12-13H2,1-3H3. The molecule has 0 N–H and O–H groups in total. The Balaban J connectivity index is 1.61. The van der Waals surface area contributed by atoms with Crippen LogP contribution in [0.2, 0.25) is 5.02 Å². The van der Waals surface area contributed by atoms with Crippen molar-refractivity contribution in [1.82, 2.24) is 9.80 Å². The van der Waals surface area contributed by atoms with Crippen LogP contribution in [0, 0.1) is 17.8 Å². The van der Waals surface area contributed by atoms with Crippen LogP contribution < -0.4 is 4.74 Å². The van der Waals surface area contributed by atoms with Gasteiger partial charge in [-0.15, -0.1) is 0 Å². The fourth-order valence-corrected chi connectivity index (χ4v) is 4.62. The molecule has 2 amide bonds. The number of ether oxygens (including phenoxy) is 1. The molecule has 148 valence electrons. The Bertz CT molecular complexity index is 691. The second kappa shape index (κ2) is 8.51. The number of rotatable bonds is 3. The number of benzene rings is 1. The van der Waals surface area contributed by atoms with E-state index in [-0.39, 0.29) is 17.7 Å². The van der Waals surface area contributed by atoms with Crippen molar-refractivity contribution in [3.63, 3.8) is 0 Å². The smallest absolute Gasteiger partial charge is 0.257 e. The molecule has 2 heterocycles. The van der Waals surface area contributed by atoms with E-state index in [1.54, 1.807) is 30.2 Å². The van der Waals surface area contributed by atoms with Gasteiger partial charge in [0.2, 0.25) is 5.91 Å². The molecular formula is C21H29ClN2O3. The van der Waals surface area contributed by atoms with Crippen LogP contribution in [0.15, 0.2) is 18.2 Å². The van der Waals surface area contributed by atoms with Crippen LogP contribution in [0.4, 0.5) is 0 Å². The molecule has 0 aliphatic carbocycles. The molecule has 2 aliphatic heterocycles. The van der Waals surface area contributed by atoms with Crippen LogP contribution in [-0.4, -0.2) is 54.9 Å². The molecule has 2 fully saturated rings. The average Bonchev–Trinajstić information content (AvgIpc) is 2.66. The SMILES string of the molecule is COc1ccc(Cl)cc1C(=O)N1CCC(C(=O)N2CC(C)CC(C)C2)CC1. The van der Waals surface area contributed by atoms with E-state index in [1.165, 1.54) is 6.42 Å². The van der Waals surface area contributed by atoms with E-state index in [0.29, 0.717) is 54.1 Å². The second-order valence-corrected chi connectivity index (χ2v) is 8.54. The van der Waals surface area contributed by atoms with Crippen molar-refractivity contribution < 1.29 is 14.3 Å². The van der Waals surface area contributed by atoms with E-state index in [0.717, 1.165) is 13.1 Å². The van der Waals surface area contributed by atoms with Crippen molar-refractivity contribution in [1.29, 1.82) is 0 Å². The van der Waals surface area contributed by atoms with E-state index in [1.807, 2.05) is 4.90 Å². The highest BCUT2D eigenvalue weighted by atomic mass is 35.5. The Hall–Kier alpha value is -1.75. The van der Waals surface area contributed by atoms with Crippen LogP contribution in [0.1, 0.15) is 43.5 Å². The Morgan fingerprint density at radius 3 is 2.30 bits per heavy atom. The quantitative estimate of drug-likeness (QED) is 0.787. The molecule has 2 saturated heterocycles. The third-order valence-electron chi connectivity index (χ3n) is 5.70. The molecule has 0 spiro atoms. The minimum Gasteiger partial charge on any atom is -0.496 e. The molecule has 6 heteroatoms. The van der Waals surface area contributed by atoms with Gasteiger partial charge < -0.3 is 14.5 Å². The maximum absolute atomic E-state index is 12.9. The summed E-state index contributed by atoms with van der Waals surface area (Å²) in [5.74, 6) is 1.86. The van der Waals surface area contributed by atoms with Gasteiger partial charge in [0, 0.05) is 37.1 Å². The number of hydrogen-bond donors (Lipinski definition) is 0. The molecule has 0 radical (unpaired) electrons. The highest BCUT2D eigenvalue weighted by molar-refractivity contribution is 6.31. The van der Waals surface area contributed by atoms with E-state index < -0.39 is 0 Å². The van der Waals surface area contributed by atoms with Crippen molar-refractivity contribution in [2.75, 3.05) is 33.3 Å². The highest BCUT2D eigenvalue weighted by Gasteiger charge is 2.33. The minimum atomic E-state index is -0.0829. The molecule has 0 bridgehead atoms. The first-order valence-electron chi connectivity index (χ1n) is 9.80. The minimum absolute atomic E-state index is 0.0211. The highest BCUT2D eigenvalue weighted by Crippen LogP contribution is 2.28. The second-order valence-electron chi connectivity index (χ2n) is 8.10. The van der Waals surface area contributed by atoms with Gasteiger partial charge in [-0.3, -0.25) is 9.59 Å². The fraction of sp³-hybridized carbons (Fsp3) is 0.619. The van der Waals surface area contributed by atoms with Crippen LogP contribution in [0.3, 0.4) is 0 Å². The van der Waals surface area contributed by atoms with Gasteiger partial charge in [-0.25, -0.2) is 0 Å². The van der Waals surface area contributed by atoms with E-state index >= 15 is 0 Å². The number of methoxy groups -OCH3 is 1. The van der Waals surface area contributed by atoms with Gasteiger partial charge >= 0.3 is 0 Å². The van der Waals surface area contributed by atoms with Gasteiger partial charge in [0.15, 0.2) is 0 Å². The lowest BCUT2D eigenvalue weighted by molar-refractivity contribution is -0.139. The van der Waals surface area contributed by atoms with Gasteiger partial charge in [0.25, 0.3) is 5.91 Å². The van der Waals surface area contributed by atoms with Crippen LogP contribution >= 0.6 is 11.6 Å². The molecule has 0 saturated carbocycles. The predicted octanol–water partition coefficient (Wildman–Crippen LogP) is 3.71. The number of halogens is 1. The normalized spacial score (nSPS) is 24.0. The van der Waals surface area contributed by atoms with E-state index in [2.05, 4.69) is 13.8 Å². The molecule has 2 atom stereocenters. The molecule has 0 aromatic heterocycles. The van der Waals surface area contributed by atoms with Crippen molar-refractivity contribution >= 4 is 23.4 Å². The van der Waals surface area contributed by atoms with Crippen LogP contribution in [-0.2, 0) is 4.79 Å². The monoisotopic (exact) mass is 392 g/mol. The number of hydrogen-bond acceptors (Lipinski definition) is 3. The number of likely N-dealkylation sites (tertiary alicyclic amines) is 2. The number of carbonyl (C=O) groups is 2. The zero-order valence-electron chi connectivity index (χ0n) is 16.4. The first kappa shape index (κ1) is 20.0. The fourth-order valence-electron chi connectivity index (χ4n) is 4.45. The maximum atomic E-state index is 12.9. The van der Waals surface area contributed by atoms with Crippen molar-refractivity contribution in [2.45, 2.75) is 33.1 Å². The van der Waals surface area contributed by atoms with Gasteiger partial charge in [-0.1, -0.05) is 25.4 Å². The van der Waals surface area contributed by atoms with Crippen molar-refractivity contribution in [3.05, 3.63) is 28.8 Å². The molecule has 5 nitrogen and oxygen atoms in total. The number of carbonyl (C=O) groups excluding carboxylic acids is 2. The lowest BCUT2D eigenvalue weighted by Crippen LogP contribution is -2.48. The summed E-state index contributed by atoms with van der Waals surface area (Å²) >= 11 is 6.05. The average molecular weight is 393 g/mol. The summed E-state index contributed by atoms with van der Waals surface area (Å²) in [4.78, 5) is 29.7. The summed E-state index contributed by atoms with van der Waals surface area (Å²) in [6, 6.07) is 5.07. The Morgan fingerprint density at radius 1 is 1.07 bits per heavy atom. The third kappa shape index (κ3) is 4.57. The lowest BCUT2D eigenvalue weighted by atomic mass is 9.89. The molecule has 2 aliphatic rings. The first-order chi connectivity index (χ1) is 12.9. The van der Waals surface area contributed by atoms with Gasteiger partial charge in [-0.05, 0) is 49.3 Å². The molecule has 3 rings (SSSR count). The maximum Gasteiger partial charge on any atom is 0.257 e. The Labute approximate surface area is 166 Å². The first-order valence-corrected chi connectivity index (χ1v) is 10.2. The van der Waals surface area contributed by atoms with E-state index in [4.69, 9.17) is 16.3 Å². The summed E-state index contributed by atoms with van der Waals surface area (Å²) in [6.45, 7) is 7.34. The largest absolute Gasteiger partial charge is 0.496 e. The van der Waals surface area contributed by atoms with Gasteiger partial charge in [0.05, 0.1) is 12.7 Å². The zero-order valence-corrected chi connectivity index (χ0v) is 17.2. The lowest BCUT2D eigenvalue weighted by Gasteiger charge is -2.39. The molecule has 1 aromatic rings. The van der Waals surface area contributed by atoms with Crippen molar-refractivity contribution in [3.8, 4) is 5.75 Å². The summed E-state index contributed by atoms with van der Waals surface area (Å²) in [6.07, 6.45) is 2.62. The predicted molar refractivity (Wildman–Crippen MR) is 106 cm³/mol. The summed E-state index contributed by atoms with van der Waals surface area (Å²) in [5.41, 5.74) is 0.480. The summed E-state index contributed by atoms with van der Waals surface area (Å²) < 4.78 is 5.30. The number of amides is 2. The van der Waals surface area contributed by atoms with Gasteiger partial charge in [-0.2, -0.15) is 0 Å². The Kier molecular flexibility index (Phi) is 6.30. The topological polar surface area (TPSA) is 49.9 Å². The summed E-state index contributed by atoms with van der Waals surface area (Å²) in [7, 11) is 1.55. The molecule has 27 heavy (non-hydrogen) atoms. The third-order valence-corrected chi connectivity index (χ3v) is 5.94. The van der Waals surface area contributed by atoms with Crippen LogP contribution in [0.25, 0.3) is 0 Å². The Morgan fingerprint density at radius 2 is 1.70 bits per heavy atom.